The Hall–Kier alpha value is -2.07. The lowest BCUT2D eigenvalue weighted by Crippen LogP contribution is -2.33. The van der Waals surface area contributed by atoms with Crippen molar-refractivity contribution in [1.82, 2.24) is 4.31 Å². The van der Waals surface area contributed by atoms with Gasteiger partial charge in [-0.15, -0.1) is 0 Å². The summed E-state index contributed by atoms with van der Waals surface area (Å²) >= 11 is 0. The Morgan fingerprint density at radius 2 is 2.10 bits per heavy atom. The smallest absolute Gasteiger partial charge is 0.306 e. The van der Waals surface area contributed by atoms with E-state index in [4.69, 9.17) is 5.11 Å². The molecular formula is C11H13FN2O6S. The average molecular weight is 320 g/mol. The quantitative estimate of drug-likeness (QED) is 0.596. The number of hydrogen-bond donors (Lipinski definition) is 1. The van der Waals surface area contributed by atoms with Crippen molar-refractivity contribution >= 4 is 21.7 Å². The Morgan fingerprint density at radius 1 is 1.48 bits per heavy atom. The van der Waals surface area contributed by atoms with Gasteiger partial charge in [0.05, 0.1) is 16.2 Å². The van der Waals surface area contributed by atoms with Crippen molar-refractivity contribution in [2.24, 2.45) is 0 Å². The van der Waals surface area contributed by atoms with Crippen LogP contribution in [0.2, 0.25) is 0 Å². The predicted molar refractivity (Wildman–Crippen MR) is 69.7 cm³/mol. The highest BCUT2D eigenvalue weighted by atomic mass is 32.2. The summed E-state index contributed by atoms with van der Waals surface area (Å²) in [6.07, 6.45) is -0.406. The number of aliphatic carboxylic acids is 1. The highest BCUT2D eigenvalue weighted by Crippen LogP contribution is 2.24. The van der Waals surface area contributed by atoms with Gasteiger partial charge in [0, 0.05) is 19.2 Å². The van der Waals surface area contributed by atoms with Crippen LogP contribution in [0.1, 0.15) is 13.3 Å². The van der Waals surface area contributed by atoms with Crippen molar-refractivity contribution < 1.29 is 27.6 Å². The summed E-state index contributed by atoms with van der Waals surface area (Å²) in [5.41, 5.74) is -0.953. The van der Waals surface area contributed by atoms with E-state index in [1.165, 1.54) is 6.92 Å². The Bertz CT molecular complexity index is 661. The van der Waals surface area contributed by atoms with Gasteiger partial charge in [-0.2, -0.15) is 8.70 Å². The maximum atomic E-state index is 13.2. The van der Waals surface area contributed by atoms with Gasteiger partial charge in [0.2, 0.25) is 15.8 Å². The van der Waals surface area contributed by atoms with Crippen molar-refractivity contribution in [2.75, 3.05) is 13.1 Å². The van der Waals surface area contributed by atoms with Crippen LogP contribution in [0.25, 0.3) is 0 Å². The first kappa shape index (κ1) is 17.0. The monoisotopic (exact) mass is 320 g/mol. The third-order valence-electron chi connectivity index (χ3n) is 2.68. The van der Waals surface area contributed by atoms with Gasteiger partial charge in [-0.3, -0.25) is 14.9 Å². The second-order valence-corrected chi connectivity index (χ2v) is 5.95. The van der Waals surface area contributed by atoms with Gasteiger partial charge in [-0.05, 0) is 12.1 Å². The molecule has 0 fully saturated rings. The van der Waals surface area contributed by atoms with Crippen LogP contribution in [0.3, 0.4) is 0 Å². The van der Waals surface area contributed by atoms with E-state index in [1.54, 1.807) is 0 Å². The summed E-state index contributed by atoms with van der Waals surface area (Å²) in [5, 5.41) is 19.2. The second kappa shape index (κ2) is 6.59. The fourth-order valence-electron chi connectivity index (χ4n) is 1.61. The largest absolute Gasteiger partial charge is 0.481 e. The van der Waals surface area contributed by atoms with Crippen molar-refractivity contribution in [2.45, 2.75) is 18.2 Å². The van der Waals surface area contributed by atoms with Gasteiger partial charge in [0.25, 0.3) is 0 Å². The minimum Gasteiger partial charge on any atom is -0.481 e. The summed E-state index contributed by atoms with van der Waals surface area (Å²) in [6, 6.07) is 2.21. The number of nitro benzene ring substituents is 1. The molecule has 0 saturated carbocycles. The minimum atomic E-state index is -4.12. The number of nitrogens with zero attached hydrogens (tertiary/aromatic N) is 2. The number of rotatable bonds is 7. The molecule has 0 unspecified atom stereocenters. The SMILES string of the molecule is CCN(CCC(=O)O)S(=O)(=O)c1ccc(F)c([N+](=O)[O-])c1. The minimum absolute atomic E-state index is 0.0131. The van der Waals surface area contributed by atoms with Crippen LogP contribution in [0, 0.1) is 15.9 Å². The maximum absolute atomic E-state index is 13.2. The maximum Gasteiger partial charge on any atom is 0.306 e. The standard InChI is InChI=1S/C11H13FN2O6S/c1-2-13(6-5-11(15)16)21(19,20)8-3-4-9(12)10(7-8)14(17)18/h3-4,7H,2,5-6H2,1H3,(H,15,16). The lowest BCUT2D eigenvalue weighted by atomic mass is 10.3. The zero-order chi connectivity index (χ0) is 16.2. The molecule has 10 heteroatoms. The number of hydrogen-bond acceptors (Lipinski definition) is 5. The molecule has 0 amide bonds. The van der Waals surface area contributed by atoms with Gasteiger partial charge in [0.15, 0.2) is 0 Å². The molecule has 8 nitrogen and oxygen atoms in total. The van der Waals surface area contributed by atoms with E-state index in [-0.39, 0.29) is 13.1 Å². The molecule has 0 aliphatic rings. The van der Waals surface area contributed by atoms with Crippen molar-refractivity contribution in [3.05, 3.63) is 34.1 Å². The van der Waals surface area contributed by atoms with Crippen LogP contribution >= 0.6 is 0 Å². The van der Waals surface area contributed by atoms with E-state index in [9.17, 15) is 27.7 Å². The molecule has 0 heterocycles. The summed E-state index contributed by atoms with van der Waals surface area (Å²) in [7, 11) is -4.12. The molecular weight excluding hydrogens is 307 g/mol. The predicted octanol–water partition coefficient (Wildman–Crippen LogP) is 1.22. The van der Waals surface area contributed by atoms with E-state index in [0.717, 1.165) is 10.4 Å². The molecule has 0 aliphatic carbocycles. The number of carboxylic acid groups (broad SMARTS) is 1. The van der Waals surface area contributed by atoms with E-state index in [0.29, 0.717) is 12.1 Å². The molecule has 1 aromatic carbocycles. The van der Waals surface area contributed by atoms with Crippen LogP contribution in [0.4, 0.5) is 10.1 Å². The van der Waals surface area contributed by atoms with Crippen molar-refractivity contribution in [1.29, 1.82) is 0 Å². The number of nitro groups is 1. The van der Waals surface area contributed by atoms with Gasteiger partial charge in [-0.1, -0.05) is 6.92 Å². The summed E-state index contributed by atoms with van der Waals surface area (Å²) in [6.45, 7) is 1.21. The molecule has 116 valence electrons. The summed E-state index contributed by atoms with van der Waals surface area (Å²) in [4.78, 5) is 19.7. The van der Waals surface area contributed by atoms with Crippen LogP contribution in [0.15, 0.2) is 23.1 Å². The average Bonchev–Trinajstić information content (AvgIpc) is 2.38. The van der Waals surface area contributed by atoms with Crippen molar-refractivity contribution in [3.8, 4) is 0 Å². The molecule has 1 aromatic rings. The zero-order valence-corrected chi connectivity index (χ0v) is 11.8. The fraction of sp³-hybridized carbons (Fsp3) is 0.364. The van der Waals surface area contributed by atoms with Crippen LogP contribution < -0.4 is 0 Å². The number of sulfonamides is 1. The third-order valence-corrected chi connectivity index (χ3v) is 4.65. The highest BCUT2D eigenvalue weighted by Gasteiger charge is 2.27. The Morgan fingerprint density at radius 3 is 2.57 bits per heavy atom. The first-order chi connectivity index (χ1) is 9.70. The van der Waals surface area contributed by atoms with E-state index in [1.807, 2.05) is 0 Å². The molecule has 1 N–H and O–H groups in total. The van der Waals surface area contributed by atoms with E-state index < -0.39 is 43.7 Å². The van der Waals surface area contributed by atoms with Gasteiger partial charge in [-0.25, -0.2) is 8.42 Å². The first-order valence-corrected chi connectivity index (χ1v) is 7.30. The summed E-state index contributed by atoms with van der Waals surface area (Å²) in [5.74, 6) is -2.32. The molecule has 0 spiro atoms. The number of carboxylic acids is 1. The number of halogens is 1. The van der Waals surface area contributed by atoms with Gasteiger partial charge >= 0.3 is 11.7 Å². The molecule has 0 aromatic heterocycles. The Balaban J connectivity index is 3.19. The topological polar surface area (TPSA) is 118 Å². The molecule has 0 aliphatic heterocycles. The highest BCUT2D eigenvalue weighted by molar-refractivity contribution is 7.89. The zero-order valence-electron chi connectivity index (χ0n) is 11.0. The molecule has 0 bridgehead atoms. The lowest BCUT2D eigenvalue weighted by Gasteiger charge is -2.19. The number of carbonyl (C=O) groups is 1. The van der Waals surface area contributed by atoms with Crippen molar-refractivity contribution in [3.63, 3.8) is 0 Å². The third kappa shape index (κ3) is 3.95. The lowest BCUT2D eigenvalue weighted by molar-refractivity contribution is -0.387. The Kier molecular flexibility index (Phi) is 5.33. The van der Waals surface area contributed by atoms with Gasteiger partial charge in [0.1, 0.15) is 0 Å². The molecule has 0 atom stereocenters. The Labute approximate surface area is 120 Å². The molecule has 0 radical (unpaired) electrons. The van der Waals surface area contributed by atoms with E-state index >= 15 is 0 Å². The normalized spacial score (nSPS) is 11.6. The van der Waals surface area contributed by atoms with Crippen LogP contribution in [-0.2, 0) is 14.8 Å². The van der Waals surface area contributed by atoms with E-state index in [2.05, 4.69) is 0 Å². The molecule has 1 rings (SSSR count). The molecule has 21 heavy (non-hydrogen) atoms. The fourth-order valence-corrected chi connectivity index (χ4v) is 3.08. The van der Waals surface area contributed by atoms with Gasteiger partial charge < -0.3 is 5.11 Å². The summed E-state index contributed by atoms with van der Waals surface area (Å²) < 4.78 is 38.6. The number of benzene rings is 1. The first-order valence-electron chi connectivity index (χ1n) is 5.86. The second-order valence-electron chi connectivity index (χ2n) is 4.01. The van der Waals surface area contributed by atoms with Crippen LogP contribution in [-0.4, -0.2) is 41.8 Å². The molecule has 0 saturated heterocycles. The van der Waals surface area contributed by atoms with Crippen LogP contribution in [0.5, 0.6) is 0 Å².